The van der Waals surface area contributed by atoms with E-state index in [1.807, 2.05) is 0 Å². The summed E-state index contributed by atoms with van der Waals surface area (Å²) in [5.41, 5.74) is 3.56. The van der Waals surface area contributed by atoms with Gasteiger partial charge in [-0.3, -0.25) is 0 Å². The third kappa shape index (κ3) is 2.99. The van der Waals surface area contributed by atoms with Crippen LogP contribution in [0.15, 0.2) is 39.4 Å². The zero-order valence-electron chi connectivity index (χ0n) is 9.90. The Hall–Kier alpha value is -1.06. The number of halogens is 1. The highest BCUT2D eigenvalue weighted by atomic mass is 79.9. The van der Waals surface area contributed by atoms with Gasteiger partial charge in [0.1, 0.15) is 11.9 Å². The van der Waals surface area contributed by atoms with Crippen molar-refractivity contribution in [3.63, 3.8) is 0 Å². The molecule has 0 fully saturated rings. The van der Waals surface area contributed by atoms with E-state index in [0.29, 0.717) is 16.9 Å². The monoisotopic (exact) mass is 294 g/mol. The average molecular weight is 295 g/mol. The Labute approximate surface area is 109 Å². The van der Waals surface area contributed by atoms with Gasteiger partial charge in [-0.25, -0.2) is 0 Å². The number of benzene rings is 1. The maximum atomic E-state index is 10.1. The second kappa shape index (κ2) is 5.07. The minimum absolute atomic E-state index is 0.577. The molecule has 0 saturated carbocycles. The summed E-state index contributed by atoms with van der Waals surface area (Å²) in [7, 11) is 0. The molecule has 2 rings (SSSR count). The van der Waals surface area contributed by atoms with Gasteiger partial charge in [0.25, 0.3) is 0 Å². The lowest BCUT2D eigenvalue weighted by molar-refractivity contribution is 0.148. The summed E-state index contributed by atoms with van der Waals surface area (Å²) in [6.45, 7) is 4.11. The van der Waals surface area contributed by atoms with Crippen LogP contribution in [0.1, 0.15) is 28.6 Å². The molecule has 1 heterocycles. The lowest BCUT2D eigenvalue weighted by atomic mass is 9.99. The predicted octanol–water partition coefficient (Wildman–Crippen LogP) is 3.94. The van der Waals surface area contributed by atoms with E-state index in [1.165, 1.54) is 11.1 Å². The molecule has 0 radical (unpaired) electrons. The summed E-state index contributed by atoms with van der Waals surface area (Å²) >= 11 is 3.23. The second-order valence-corrected chi connectivity index (χ2v) is 5.07. The van der Waals surface area contributed by atoms with E-state index in [1.54, 1.807) is 12.1 Å². The maximum absolute atomic E-state index is 10.1. The number of hydrogen-bond donors (Lipinski definition) is 1. The highest BCUT2D eigenvalue weighted by Gasteiger charge is 2.13. The van der Waals surface area contributed by atoms with Gasteiger partial charge in [0.05, 0.1) is 0 Å². The van der Waals surface area contributed by atoms with Crippen LogP contribution in [0.4, 0.5) is 0 Å². The van der Waals surface area contributed by atoms with E-state index in [-0.39, 0.29) is 0 Å². The zero-order valence-corrected chi connectivity index (χ0v) is 11.5. The minimum atomic E-state index is -0.596. The normalized spacial score (nSPS) is 12.7. The Kier molecular flexibility index (Phi) is 3.69. The first-order valence-electron chi connectivity index (χ1n) is 5.55. The molecule has 0 amide bonds. The molecule has 17 heavy (non-hydrogen) atoms. The van der Waals surface area contributed by atoms with Crippen LogP contribution in [0.3, 0.4) is 0 Å². The van der Waals surface area contributed by atoms with E-state index in [2.05, 4.69) is 48.0 Å². The number of aryl methyl sites for hydroxylation is 2. The average Bonchev–Trinajstić information content (AvgIpc) is 2.70. The minimum Gasteiger partial charge on any atom is -0.452 e. The van der Waals surface area contributed by atoms with Gasteiger partial charge in [0.15, 0.2) is 4.67 Å². The number of rotatable bonds is 3. The van der Waals surface area contributed by atoms with Crippen molar-refractivity contribution in [1.82, 2.24) is 0 Å². The Bertz CT molecular complexity index is 517. The molecule has 1 aromatic carbocycles. The van der Waals surface area contributed by atoms with Crippen molar-refractivity contribution in [2.24, 2.45) is 0 Å². The standard InChI is InChI=1S/C14H15BrO2/c1-9-3-4-10(2)11(7-9)8-12(16)13-5-6-14(15)17-13/h3-7,12,16H,8H2,1-2H3. The first-order chi connectivity index (χ1) is 8.06. The van der Waals surface area contributed by atoms with Gasteiger partial charge < -0.3 is 9.52 Å². The summed E-state index contributed by atoms with van der Waals surface area (Å²) in [6, 6.07) is 9.85. The highest BCUT2D eigenvalue weighted by molar-refractivity contribution is 9.10. The Morgan fingerprint density at radius 3 is 2.65 bits per heavy atom. The van der Waals surface area contributed by atoms with Gasteiger partial charge in [0, 0.05) is 6.42 Å². The summed E-state index contributed by atoms with van der Waals surface area (Å²) in [5, 5.41) is 10.1. The molecule has 0 aliphatic carbocycles. The SMILES string of the molecule is Cc1ccc(C)c(CC(O)c2ccc(Br)o2)c1. The van der Waals surface area contributed by atoms with Crippen molar-refractivity contribution in [2.75, 3.05) is 0 Å². The molecule has 1 aromatic heterocycles. The van der Waals surface area contributed by atoms with E-state index in [4.69, 9.17) is 4.42 Å². The predicted molar refractivity (Wildman–Crippen MR) is 71.0 cm³/mol. The first-order valence-corrected chi connectivity index (χ1v) is 6.35. The molecule has 1 atom stereocenters. The largest absolute Gasteiger partial charge is 0.452 e. The molecule has 0 saturated heterocycles. The van der Waals surface area contributed by atoms with E-state index < -0.39 is 6.10 Å². The van der Waals surface area contributed by atoms with Crippen LogP contribution in [0.25, 0.3) is 0 Å². The van der Waals surface area contributed by atoms with Crippen LogP contribution in [0.5, 0.6) is 0 Å². The molecule has 2 nitrogen and oxygen atoms in total. The molecule has 2 aromatic rings. The van der Waals surface area contributed by atoms with Gasteiger partial charge in [-0.1, -0.05) is 23.8 Å². The summed E-state index contributed by atoms with van der Waals surface area (Å²) in [4.78, 5) is 0. The summed E-state index contributed by atoms with van der Waals surface area (Å²) < 4.78 is 6.00. The molecule has 1 N–H and O–H groups in total. The van der Waals surface area contributed by atoms with Crippen LogP contribution in [0, 0.1) is 13.8 Å². The molecule has 1 unspecified atom stereocenters. The molecular weight excluding hydrogens is 280 g/mol. The smallest absolute Gasteiger partial charge is 0.169 e. The van der Waals surface area contributed by atoms with Crippen LogP contribution in [0.2, 0.25) is 0 Å². The summed E-state index contributed by atoms with van der Waals surface area (Å²) in [5.74, 6) is 0.595. The van der Waals surface area contributed by atoms with Crippen LogP contribution >= 0.6 is 15.9 Å². The van der Waals surface area contributed by atoms with Gasteiger partial charge in [0.2, 0.25) is 0 Å². The van der Waals surface area contributed by atoms with Crippen molar-refractivity contribution >= 4 is 15.9 Å². The van der Waals surface area contributed by atoms with Gasteiger partial charge in [-0.15, -0.1) is 0 Å². The van der Waals surface area contributed by atoms with Gasteiger partial charge in [-0.05, 0) is 53.0 Å². The summed E-state index contributed by atoms with van der Waals surface area (Å²) in [6.07, 6.45) is -0.0187. The Morgan fingerprint density at radius 2 is 2.00 bits per heavy atom. The van der Waals surface area contributed by atoms with Crippen molar-refractivity contribution in [1.29, 1.82) is 0 Å². The van der Waals surface area contributed by atoms with Crippen LogP contribution < -0.4 is 0 Å². The molecule has 0 aliphatic rings. The molecular formula is C14H15BrO2. The van der Waals surface area contributed by atoms with Crippen molar-refractivity contribution < 1.29 is 9.52 Å². The van der Waals surface area contributed by atoms with Crippen LogP contribution in [-0.4, -0.2) is 5.11 Å². The third-order valence-electron chi connectivity index (χ3n) is 2.84. The molecule has 0 bridgehead atoms. The van der Waals surface area contributed by atoms with E-state index in [0.717, 1.165) is 5.56 Å². The lowest BCUT2D eigenvalue weighted by Gasteiger charge is -2.11. The van der Waals surface area contributed by atoms with E-state index >= 15 is 0 Å². The second-order valence-electron chi connectivity index (χ2n) is 4.29. The van der Waals surface area contributed by atoms with Crippen LogP contribution in [-0.2, 0) is 6.42 Å². The number of aliphatic hydroxyl groups excluding tert-OH is 1. The highest BCUT2D eigenvalue weighted by Crippen LogP contribution is 2.24. The van der Waals surface area contributed by atoms with E-state index in [9.17, 15) is 5.11 Å². The fourth-order valence-electron chi connectivity index (χ4n) is 1.84. The van der Waals surface area contributed by atoms with Crippen molar-refractivity contribution in [3.8, 4) is 0 Å². The molecule has 3 heteroatoms. The van der Waals surface area contributed by atoms with Gasteiger partial charge >= 0.3 is 0 Å². The Balaban J connectivity index is 2.18. The number of hydrogen-bond acceptors (Lipinski definition) is 2. The number of furan rings is 1. The maximum Gasteiger partial charge on any atom is 0.169 e. The lowest BCUT2D eigenvalue weighted by Crippen LogP contribution is -2.02. The van der Waals surface area contributed by atoms with Crippen molar-refractivity contribution in [2.45, 2.75) is 26.4 Å². The topological polar surface area (TPSA) is 33.4 Å². The zero-order chi connectivity index (χ0) is 12.4. The van der Waals surface area contributed by atoms with Crippen molar-refractivity contribution in [3.05, 3.63) is 57.5 Å². The molecule has 90 valence electrons. The fraction of sp³-hybridized carbons (Fsp3) is 0.286. The van der Waals surface area contributed by atoms with Gasteiger partial charge in [-0.2, -0.15) is 0 Å². The fourth-order valence-corrected chi connectivity index (χ4v) is 2.16. The number of aliphatic hydroxyl groups is 1. The third-order valence-corrected chi connectivity index (χ3v) is 3.27. The molecule has 0 aliphatic heterocycles. The molecule has 0 spiro atoms. The Morgan fingerprint density at radius 1 is 1.24 bits per heavy atom. The first kappa shape index (κ1) is 12.4. The quantitative estimate of drug-likeness (QED) is 0.930.